The normalized spacial score (nSPS) is 11.9. The van der Waals surface area contributed by atoms with Gasteiger partial charge in [-0.25, -0.2) is 10.9 Å². The third-order valence-corrected chi connectivity index (χ3v) is 5.13. The molecule has 2 aromatic rings. The molecule has 0 aliphatic heterocycles. The minimum absolute atomic E-state index is 0.0873. The third-order valence-electron chi connectivity index (χ3n) is 5.13. The summed E-state index contributed by atoms with van der Waals surface area (Å²) in [6.45, 7) is 7.82. The number of nitrogens with zero attached hydrogens (tertiary/aromatic N) is 2. The molecule has 2 amide bonds. The molecule has 0 atom stereocenters. The number of amides is 2. The van der Waals surface area contributed by atoms with Crippen LogP contribution < -0.4 is 10.9 Å². The number of nitrogens with one attached hydrogen (secondary N) is 2. The molecule has 2 N–H and O–H groups in total. The molecular weight excluding hydrogens is 400 g/mol. The quantitative estimate of drug-likeness (QED) is 0.296. The molecule has 0 spiro atoms. The van der Waals surface area contributed by atoms with Crippen LogP contribution in [0.5, 0.6) is 0 Å². The molecule has 32 heavy (non-hydrogen) atoms. The SMILES string of the molecule is CC(=NNC(=O)CCCCCCC(=O)NN=C(C)c1cccc(C)c1)c1cccc(C)c1. The van der Waals surface area contributed by atoms with E-state index in [1.165, 1.54) is 0 Å². The van der Waals surface area contributed by atoms with Gasteiger partial charge in [-0.05, 0) is 51.7 Å². The van der Waals surface area contributed by atoms with Gasteiger partial charge < -0.3 is 0 Å². The van der Waals surface area contributed by atoms with E-state index < -0.39 is 0 Å². The van der Waals surface area contributed by atoms with E-state index in [9.17, 15) is 9.59 Å². The summed E-state index contributed by atoms with van der Waals surface area (Å²) in [6.07, 6.45) is 4.20. The summed E-state index contributed by atoms with van der Waals surface area (Å²) < 4.78 is 0. The number of unbranched alkanes of at least 4 members (excludes halogenated alkanes) is 3. The number of hydrogen-bond acceptors (Lipinski definition) is 4. The third kappa shape index (κ3) is 9.25. The zero-order chi connectivity index (χ0) is 23.3. The van der Waals surface area contributed by atoms with Gasteiger partial charge in [-0.15, -0.1) is 0 Å². The lowest BCUT2D eigenvalue weighted by Crippen LogP contribution is -2.19. The van der Waals surface area contributed by atoms with Crippen molar-refractivity contribution in [3.63, 3.8) is 0 Å². The molecule has 0 aliphatic rings. The van der Waals surface area contributed by atoms with Gasteiger partial charge in [-0.3, -0.25) is 9.59 Å². The van der Waals surface area contributed by atoms with Gasteiger partial charge in [0.05, 0.1) is 11.4 Å². The fourth-order valence-electron chi connectivity index (χ4n) is 3.20. The maximum Gasteiger partial charge on any atom is 0.240 e. The van der Waals surface area contributed by atoms with Gasteiger partial charge in [-0.1, -0.05) is 72.5 Å². The van der Waals surface area contributed by atoms with Crippen molar-refractivity contribution in [2.45, 2.75) is 66.2 Å². The van der Waals surface area contributed by atoms with E-state index in [0.29, 0.717) is 12.8 Å². The zero-order valence-electron chi connectivity index (χ0n) is 19.6. The molecule has 170 valence electrons. The molecule has 0 unspecified atom stereocenters. The number of benzene rings is 2. The second kappa shape index (κ2) is 13.2. The Balaban J connectivity index is 1.58. The molecule has 2 rings (SSSR count). The van der Waals surface area contributed by atoms with Crippen LogP contribution in [-0.2, 0) is 9.59 Å². The number of rotatable bonds is 11. The van der Waals surface area contributed by atoms with Crippen LogP contribution in [0.15, 0.2) is 58.7 Å². The average molecular weight is 435 g/mol. The molecule has 0 fully saturated rings. The Labute approximate surface area is 191 Å². The van der Waals surface area contributed by atoms with Gasteiger partial charge >= 0.3 is 0 Å². The van der Waals surface area contributed by atoms with E-state index in [1.807, 2.05) is 76.2 Å². The summed E-state index contributed by atoms with van der Waals surface area (Å²) in [4.78, 5) is 24.0. The van der Waals surface area contributed by atoms with Crippen molar-refractivity contribution in [1.29, 1.82) is 0 Å². The van der Waals surface area contributed by atoms with E-state index in [0.717, 1.165) is 59.4 Å². The largest absolute Gasteiger partial charge is 0.273 e. The van der Waals surface area contributed by atoms with Crippen molar-refractivity contribution in [3.8, 4) is 0 Å². The first-order valence-corrected chi connectivity index (χ1v) is 11.2. The first-order chi connectivity index (χ1) is 15.3. The summed E-state index contributed by atoms with van der Waals surface area (Å²) in [5.41, 5.74) is 11.1. The zero-order valence-corrected chi connectivity index (χ0v) is 19.6. The molecule has 0 heterocycles. The summed E-state index contributed by atoms with van der Waals surface area (Å²) >= 11 is 0. The molecule has 6 nitrogen and oxygen atoms in total. The number of aryl methyl sites for hydroxylation is 2. The standard InChI is InChI=1S/C26H34N4O2/c1-19-11-9-13-23(17-19)21(3)27-29-25(31)15-7-5-6-8-16-26(32)30-28-22(4)24-14-10-12-20(2)18-24/h9-14,17-18H,5-8,15-16H2,1-4H3,(H,29,31)(H,30,32). The number of carbonyl (C=O) groups excluding carboxylic acids is 2. The maximum atomic E-state index is 12.0. The number of hydrazone groups is 2. The van der Waals surface area contributed by atoms with Crippen LogP contribution in [0.25, 0.3) is 0 Å². The summed E-state index contributed by atoms with van der Waals surface area (Å²) in [7, 11) is 0. The Hall–Kier alpha value is -3.28. The minimum Gasteiger partial charge on any atom is -0.273 e. The van der Waals surface area contributed by atoms with E-state index in [1.54, 1.807) is 0 Å². The predicted octanol–water partition coefficient (Wildman–Crippen LogP) is 5.02. The smallest absolute Gasteiger partial charge is 0.240 e. The minimum atomic E-state index is -0.0873. The summed E-state index contributed by atoms with van der Waals surface area (Å²) in [5.74, 6) is -0.175. The van der Waals surface area contributed by atoms with Crippen molar-refractivity contribution in [3.05, 3.63) is 70.8 Å². The van der Waals surface area contributed by atoms with Crippen molar-refractivity contribution in [2.75, 3.05) is 0 Å². The molecule has 0 saturated heterocycles. The molecule has 0 bridgehead atoms. The highest BCUT2D eigenvalue weighted by Crippen LogP contribution is 2.08. The van der Waals surface area contributed by atoms with Gasteiger partial charge in [0.25, 0.3) is 0 Å². The number of hydrogen-bond donors (Lipinski definition) is 2. The fourth-order valence-corrected chi connectivity index (χ4v) is 3.20. The van der Waals surface area contributed by atoms with Crippen molar-refractivity contribution >= 4 is 23.2 Å². The molecule has 2 aromatic carbocycles. The highest BCUT2D eigenvalue weighted by Gasteiger charge is 2.04. The van der Waals surface area contributed by atoms with Gasteiger partial charge in [0.2, 0.25) is 11.8 Å². The van der Waals surface area contributed by atoms with Gasteiger partial charge in [0.1, 0.15) is 0 Å². The lowest BCUT2D eigenvalue weighted by molar-refractivity contribution is -0.122. The van der Waals surface area contributed by atoms with E-state index in [2.05, 4.69) is 21.1 Å². The maximum absolute atomic E-state index is 12.0. The Morgan fingerprint density at radius 2 is 1.09 bits per heavy atom. The Morgan fingerprint density at radius 1 is 0.688 bits per heavy atom. The molecule has 0 aliphatic carbocycles. The molecule has 6 heteroatoms. The van der Waals surface area contributed by atoms with Crippen molar-refractivity contribution < 1.29 is 9.59 Å². The lowest BCUT2D eigenvalue weighted by Gasteiger charge is -2.05. The van der Waals surface area contributed by atoms with Gasteiger partial charge in [0.15, 0.2) is 0 Å². The van der Waals surface area contributed by atoms with Gasteiger partial charge in [-0.2, -0.15) is 10.2 Å². The van der Waals surface area contributed by atoms with Crippen LogP contribution in [0.1, 0.15) is 74.6 Å². The Bertz CT molecular complexity index is 900. The molecule has 0 radical (unpaired) electrons. The topological polar surface area (TPSA) is 82.9 Å². The predicted molar refractivity (Wildman–Crippen MR) is 131 cm³/mol. The van der Waals surface area contributed by atoms with E-state index in [4.69, 9.17) is 0 Å². The first-order valence-electron chi connectivity index (χ1n) is 11.2. The van der Waals surface area contributed by atoms with E-state index >= 15 is 0 Å². The highest BCUT2D eigenvalue weighted by atomic mass is 16.2. The second-order valence-corrected chi connectivity index (χ2v) is 8.12. The molecule has 0 saturated carbocycles. The van der Waals surface area contributed by atoms with Crippen LogP contribution in [0.2, 0.25) is 0 Å². The highest BCUT2D eigenvalue weighted by molar-refractivity contribution is 5.99. The van der Waals surface area contributed by atoms with Crippen LogP contribution in [0.3, 0.4) is 0 Å². The van der Waals surface area contributed by atoms with Crippen LogP contribution in [0, 0.1) is 13.8 Å². The lowest BCUT2D eigenvalue weighted by atomic mass is 10.1. The second-order valence-electron chi connectivity index (χ2n) is 8.12. The van der Waals surface area contributed by atoms with Gasteiger partial charge in [0, 0.05) is 12.8 Å². The van der Waals surface area contributed by atoms with Crippen LogP contribution in [0.4, 0.5) is 0 Å². The Morgan fingerprint density at radius 3 is 1.47 bits per heavy atom. The molecular formula is C26H34N4O2. The number of carbonyl (C=O) groups is 2. The van der Waals surface area contributed by atoms with Crippen molar-refractivity contribution in [1.82, 2.24) is 10.9 Å². The first kappa shape index (κ1) is 25.0. The monoisotopic (exact) mass is 434 g/mol. The summed E-state index contributed by atoms with van der Waals surface area (Å²) in [5, 5.41) is 8.37. The Kier molecular flexibility index (Phi) is 10.3. The molecule has 0 aromatic heterocycles. The fraction of sp³-hybridized carbons (Fsp3) is 0.385. The van der Waals surface area contributed by atoms with Crippen LogP contribution in [-0.4, -0.2) is 23.2 Å². The van der Waals surface area contributed by atoms with E-state index in [-0.39, 0.29) is 11.8 Å². The average Bonchev–Trinajstić information content (AvgIpc) is 2.78. The van der Waals surface area contributed by atoms with Crippen molar-refractivity contribution in [2.24, 2.45) is 10.2 Å². The van der Waals surface area contributed by atoms with Crippen LogP contribution >= 0.6 is 0 Å². The summed E-state index contributed by atoms with van der Waals surface area (Å²) in [6, 6.07) is 16.0.